The van der Waals surface area contributed by atoms with Gasteiger partial charge in [-0.2, -0.15) is 11.8 Å². The number of nitrogens with zero attached hydrogens (tertiary/aromatic N) is 2. The number of hydrogen-bond donors (Lipinski definition) is 0. The number of rotatable bonds is 6. The van der Waals surface area contributed by atoms with E-state index in [4.69, 9.17) is 4.74 Å². The molecule has 0 unspecified atom stereocenters. The number of carbonyl (C=O) groups is 1. The Bertz CT molecular complexity index is 354. The first-order valence-corrected chi connectivity index (χ1v) is 6.91. The third-order valence-electron chi connectivity index (χ3n) is 2.28. The third-order valence-corrected chi connectivity index (χ3v) is 2.87. The van der Waals surface area contributed by atoms with Crippen LogP contribution in [0.25, 0.3) is 0 Å². The molecule has 0 atom stereocenters. The zero-order chi connectivity index (χ0) is 12.7. The summed E-state index contributed by atoms with van der Waals surface area (Å²) in [5, 5.41) is 0. The summed E-state index contributed by atoms with van der Waals surface area (Å²) in [6, 6.07) is 3.59. The Balaban J connectivity index is 2.64. The van der Waals surface area contributed by atoms with Crippen LogP contribution in [0.3, 0.4) is 0 Å². The first-order chi connectivity index (χ1) is 8.19. The fourth-order valence-electron chi connectivity index (χ4n) is 1.29. The van der Waals surface area contributed by atoms with Gasteiger partial charge in [0.25, 0.3) is 0 Å². The molecule has 0 aromatic carbocycles. The summed E-state index contributed by atoms with van der Waals surface area (Å²) in [4.78, 5) is 17.7. The highest BCUT2D eigenvalue weighted by atomic mass is 32.2. The molecule has 4 nitrogen and oxygen atoms in total. The summed E-state index contributed by atoms with van der Waals surface area (Å²) >= 11 is 1.80. The molecule has 1 rings (SSSR count). The maximum atomic E-state index is 11.4. The van der Waals surface area contributed by atoms with Crippen molar-refractivity contribution in [2.45, 2.75) is 6.92 Å². The van der Waals surface area contributed by atoms with Crippen LogP contribution in [0, 0.1) is 0 Å². The monoisotopic (exact) mass is 254 g/mol. The van der Waals surface area contributed by atoms with Crippen molar-refractivity contribution in [1.82, 2.24) is 4.98 Å². The second kappa shape index (κ2) is 7.17. The van der Waals surface area contributed by atoms with Crippen LogP contribution in [0.4, 0.5) is 5.82 Å². The topological polar surface area (TPSA) is 42.4 Å². The molecular weight excluding hydrogens is 236 g/mol. The van der Waals surface area contributed by atoms with Gasteiger partial charge in [0.2, 0.25) is 0 Å². The van der Waals surface area contributed by atoms with Crippen LogP contribution in [0.2, 0.25) is 0 Å². The SMILES string of the molecule is CCOC(=O)c1ccc(N(C)CCSC)nc1. The maximum absolute atomic E-state index is 11.4. The molecule has 0 saturated heterocycles. The molecule has 0 spiro atoms. The van der Waals surface area contributed by atoms with Crippen molar-refractivity contribution in [1.29, 1.82) is 0 Å². The molecule has 0 aliphatic rings. The van der Waals surface area contributed by atoms with Gasteiger partial charge < -0.3 is 9.64 Å². The molecule has 0 saturated carbocycles. The standard InChI is InChI=1S/C12H18N2O2S/c1-4-16-12(15)10-5-6-11(13-9-10)14(2)7-8-17-3/h5-6,9H,4,7-8H2,1-3H3. The summed E-state index contributed by atoms with van der Waals surface area (Å²) in [5.74, 6) is 1.60. The lowest BCUT2D eigenvalue weighted by molar-refractivity contribution is 0.0526. The second-order valence-electron chi connectivity index (χ2n) is 3.54. The smallest absolute Gasteiger partial charge is 0.339 e. The fourth-order valence-corrected chi connectivity index (χ4v) is 1.75. The van der Waals surface area contributed by atoms with Crippen LogP contribution < -0.4 is 4.90 Å². The predicted molar refractivity (Wildman–Crippen MR) is 71.8 cm³/mol. The molecular formula is C12H18N2O2S. The number of carbonyl (C=O) groups excluding carboxylic acids is 1. The van der Waals surface area contributed by atoms with Crippen LogP contribution in [-0.4, -0.2) is 43.2 Å². The van der Waals surface area contributed by atoms with Crippen LogP contribution in [0.5, 0.6) is 0 Å². The van der Waals surface area contributed by atoms with Crippen molar-refractivity contribution in [3.05, 3.63) is 23.9 Å². The number of anilines is 1. The van der Waals surface area contributed by atoms with Gasteiger partial charge in [-0.3, -0.25) is 0 Å². The summed E-state index contributed by atoms with van der Waals surface area (Å²) in [5.41, 5.74) is 0.494. The number of hydrogen-bond acceptors (Lipinski definition) is 5. The molecule has 0 N–H and O–H groups in total. The minimum Gasteiger partial charge on any atom is -0.462 e. The lowest BCUT2D eigenvalue weighted by Crippen LogP contribution is -2.21. The summed E-state index contributed by atoms with van der Waals surface area (Å²) < 4.78 is 4.90. The van der Waals surface area contributed by atoms with Gasteiger partial charge in [-0.25, -0.2) is 9.78 Å². The Hall–Kier alpha value is -1.23. The van der Waals surface area contributed by atoms with Crippen LogP contribution in [0.15, 0.2) is 18.3 Å². The van der Waals surface area contributed by atoms with E-state index in [9.17, 15) is 4.79 Å². The molecule has 17 heavy (non-hydrogen) atoms. The zero-order valence-electron chi connectivity index (χ0n) is 10.5. The Morgan fingerprint density at radius 2 is 2.29 bits per heavy atom. The van der Waals surface area contributed by atoms with Crippen molar-refractivity contribution in [3.8, 4) is 0 Å². The van der Waals surface area contributed by atoms with Crippen molar-refractivity contribution in [2.75, 3.05) is 37.1 Å². The van der Waals surface area contributed by atoms with E-state index in [1.807, 2.05) is 13.1 Å². The minimum absolute atomic E-state index is 0.321. The van der Waals surface area contributed by atoms with Gasteiger partial charge in [0.05, 0.1) is 12.2 Å². The molecule has 94 valence electrons. The molecule has 0 aliphatic heterocycles. The second-order valence-corrected chi connectivity index (χ2v) is 4.53. The van der Waals surface area contributed by atoms with Crippen molar-refractivity contribution >= 4 is 23.5 Å². The Kier molecular flexibility index (Phi) is 5.83. The van der Waals surface area contributed by atoms with E-state index in [0.29, 0.717) is 12.2 Å². The van der Waals surface area contributed by atoms with Gasteiger partial charge in [-0.15, -0.1) is 0 Å². The van der Waals surface area contributed by atoms with Crippen LogP contribution >= 0.6 is 11.8 Å². The zero-order valence-corrected chi connectivity index (χ0v) is 11.3. The molecule has 0 aliphatic carbocycles. The average Bonchev–Trinajstić information content (AvgIpc) is 2.36. The summed E-state index contributed by atoms with van der Waals surface area (Å²) in [6.07, 6.45) is 3.63. The van der Waals surface area contributed by atoms with E-state index in [1.165, 1.54) is 0 Å². The molecule has 0 fully saturated rings. The van der Waals surface area contributed by atoms with E-state index >= 15 is 0 Å². The van der Waals surface area contributed by atoms with Crippen molar-refractivity contribution in [2.24, 2.45) is 0 Å². The molecule has 1 aromatic rings. The molecule has 0 amide bonds. The molecule has 1 heterocycles. The normalized spacial score (nSPS) is 10.1. The number of thioether (sulfide) groups is 1. The molecule has 1 aromatic heterocycles. The van der Waals surface area contributed by atoms with E-state index in [1.54, 1.807) is 30.9 Å². The summed E-state index contributed by atoms with van der Waals surface area (Å²) in [7, 11) is 1.99. The van der Waals surface area contributed by atoms with Gasteiger partial charge in [-0.05, 0) is 25.3 Å². The largest absolute Gasteiger partial charge is 0.462 e. The summed E-state index contributed by atoms with van der Waals surface area (Å²) in [6.45, 7) is 3.11. The molecule has 0 radical (unpaired) electrons. The highest BCUT2D eigenvalue weighted by molar-refractivity contribution is 7.98. The van der Waals surface area contributed by atoms with Gasteiger partial charge >= 0.3 is 5.97 Å². The van der Waals surface area contributed by atoms with Gasteiger partial charge in [0.1, 0.15) is 5.82 Å². The van der Waals surface area contributed by atoms with Crippen LogP contribution in [0.1, 0.15) is 17.3 Å². The average molecular weight is 254 g/mol. The van der Waals surface area contributed by atoms with Crippen molar-refractivity contribution in [3.63, 3.8) is 0 Å². The number of esters is 1. The quantitative estimate of drug-likeness (QED) is 0.727. The molecule has 5 heteroatoms. The van der Waals surface area contributed by atoms with Gasteiger partial charge in [-0.1, -0.05) is 0 Å². The lowest BCUT2D eigenvalue weighted by Gasteiger charge is -2.17. The number of ether oxygens (including phenoxy) is 1. The van der Waals surface area contributed by atoms with E-state index in [2.05, 4.69) is 16.1 Å². The first-order valence-electron chi connectivity index (χ1n) is 5.52. The van der Waals surface area contributed by atoms with Gasteiger partial charge in [0, 0.05) is 25.5 Å². The highest BCUT2D eigenvalue weighted by Gasteiger charge is 2.08. The van der Waals surface area contributed by atoms with E-state index in [0.717, 1.165) is 18.1 Å². The number of aromatic nitrogens is 1. The van der Waals surface area contributed by atoms with E-state index < -0.39 is 0 Å². The van der Waals surface area contributed by atoms with Crippen molar-refractivity contribution < 1.29 is 9.53 Å². The Morgan fingerprint density at radius 3 is 2.82 bits per heavy atom. The van der Waals surface area contributed by atoms with Crippen LogP contribution in [-0.2, 0) is 4.74 Å². The number of pyridine rings is 1. The molecule has 0 bridgehead atoms. The predicted octanol–water partition coefficient (Wildman–Crippen LogP) is 2.06. The highest BCUT2D eigenvalue weighted by Crippen LogP contribution is 2.11. The Labute approximate surface area is 106 Å². The van der Waals surface area contributed by atoms with Gasteiger partial charge in [0.15, 0.2) is 0 Å². The first kappa shape index (κ1) is 13.8. The third kappa shape index (κ3) is 4.26. The van der Waals surface area contributed by atoms with E-state index in [-0.39, 0.29) is 5.97 Å². The Morgan fingerprint density at radius 1 is 1.53 bits per heavy atom. The maximum Gasteiger partial charge on any atom is 0.339 e. The lowest BCUT2D eigenvalue weighted by atomic mass is 10.3. The minimum atomic E-state index is -0.321. The fraction of sp³-hybridized carbons (Fsp3) is 0.500.